The summed E-state index contributed by atoms with van der Waals surface area (Å²) in [6, 6.07) is 6.50. The maximum absolute atomic E-state index is 13.1. The molecule has 2 aliphatic carbocycles. The van der Waals surface area contributed by atoms with Crippen LogP contribution in [-0.2, 0) is 30.5 Å². The SMILES string of the molecule is CC1CCc2c(sc(NC(=O)CSc3nc4scc(-c5ccc6c(c5)CCCC6)c4c(=O)[nH]3)c2C(N)=O)C1. The number of anilines is 1. The number of benzene rings is 1. The molecule has 0 fully saturated rings. The number of primary amides is 1. The summed E-state index contributed by atoms with van der Waals surface area (Å²) in [7, 11) is 0. The number of fused-ring (bicyclic) bond motifs is 3. The fraction of sp³-hybridized carbons (Fsp3) is 0.357. The summed E-state index contributed by atoms with van der Waals surface area (Å²) in [4.78, 5) is 47.3. The molecule has 1 aromatic carbocycles. The van der Waals surface area contributed by atoms with Gasteiger partial charge in [-0.15, -0.1) is 22.7 Å². The van der Waals surface area contributed by atoms with E-state index in [0.717, 1.165) is 53.7 Å². The highest BCUT2D eigenvalue weighted by Crippen LogP contribution is 2.39. The zero-order chi connectivity index (χ0) is 26.4. The van der Waals surface area contributed by atoms with Crippen molar-refractivity contribution in [1.29, 1.82) is 0 Å². The number of nitrogens with two attached hydrogens (primary N) is 1. The number of thiophene rings is 2. The first-order valence-electron chi connectivity index (χ1n) is 12.9. The van der Waals surface area contributed by atoms with Crippen LogP contribution in [0, 0.1) is 5.92 Å². The van der Waals surface area contributed by atoms with Crippen LogP contribution in [0.3, 0.4) is 0 Å². The van der Waals surface area contributed by atoms with Gasteiger partial charge in [-0.2, -0.15) is 0 Å². The van der Waals surface area contributed by atoms with Crippen molar-refractivity contribution in [3.05, 3.63) is 61.1 Å². The number of aromatic amines is 1. The Kier molecular flexibility index (Phi) is 6.88. The Morgan fingerprint density at radius 3 is 2.84 bits per heavy atom. The lowest BCUT2D eigenvalue weighted by atomic mass is 9.88. The Morgan fingerprint density at radius 2 is 2.03 bits per heavy atom. The van der Waals surface area contributed by atoms with Gasteiger partial charge in [0.2, 0.25) is 5.91 Å². The minimum Gasteiger partial charge on any atom is -0.365 e. The fourth-order valence-electron chi connectivity index (χ4n) is 5.51. The molecule has 3 heterocycles. The lowest BCUT2D eigenvalue weighted by Gasteiger charge is -2.18. The molecule has 1 atom stereocenters. The Bertz CT molecular complexity index is 1630. The summed E-state index contributed by atoms with van der Waals surface area (Å²) in [6.07, 6.45) is 7.34. The third-order valence-corrected chi connectivity index (χ3v) is 10.3. The molecule has 2 amide bonds. The van der Waals surface area contributed by atoms with E-state index in [0.29, 0.717) is 31.9 Å². The Morgan fingerprint density at radius 1 is 1.21 bits per heavy atom. The minimum atomic E-state index is -0.510. The van der Waals surface area contributed by atoms with Gasteiger partial charge < -0.3 is 16.0 Å². The van der Waals surface area contributed by atoms with Crippen molar-refractivity contribution in [3.8, 4) is 11.1 Å². The molecule has 38 heavy (non-hydrogen) atoms. The largest absolute Gasteiger partial charge is 0.365 e. The second kappa shape index (κ2) is 10.3. The van der Waals surface area contributed by atoms with Gasteiger partial charge in [0.25, 0.3) is 11.5 Å². The summed E-state index contributed by atoms with van der Waals surface area (Å²) in [6.45, 7) is 2.19. The van der Waals surface area contributed by atoms with E-state index in [1.54, 1.807) is 0 Å². The van der Waals surface area contributed by atoms with Crippen molar-refractivity contribution in [3.63, 3.8) is 0 Å². The number of amides is 2. The first-order valence-corrected chi connectivity index (χ1v) is 15.6. The lowest BCUT2D eigenvalue weighted by Crippen LogP contribution is -2.20. The predicted molar refractivity (Wildman–Crippen MR) is 156 cm³/mol. The molecule has 3 aromatic heterocycles. The van der Waals surface area contributed by atoms with E-state index in [2.05, 4.69) is 40.4 Å². The van der Waals surface area contributed by atoms with Gasteiger partial charge in [0, 0.05) is 15.8 Å². The fourth-order valence-corrected chi connectivity index (χ4v) is 8.61. The van der Waals surface area contributed by atoms with E-state index in [-0.39, 0.29) is 17.2 Å². The number of thioether (sulfide) groups is 1. The molecule has 1 unspecified atom stereocenters. The first-order chi connectivity index (χ1) is 18.4. The Hall–Kier alpha value is -2.95. The normalized spacial score (nSPS) is 16.7. The molecule has 4 aromatic rings. The van der Waals surface area contributed by atoms with E-state index < -0.39 is 5.91 Å². The average Bonchev–Trinajstić information content (AvgIpc) is 3.48. The maximum atomic E-state index is 13.1. The number of aryl methyl sites for hydroxylation is 2. The van der Waals surface area contributed by atoms with Crippen LogP contribution < -0.4 is 16.6 Å². The molecule has 0 radical (unpaired) electrons. The van der Waals surface area contributed by atoms with E-state index in [1.807, 2.05) is 5.38 Å². The number of carbonyl (C=O) groups is 2. The van der Waals surface area contributed by atoms with Crippen LogP contribution >= 0.6 is 34.4 Å². The van der Waals surface area contributed by atoms with Gasteiger partial charge in [0.05, 0.1) is 16.7 Å². The van der Waals surface area contributed by atoms with Crippen LogP contribution in [0.4, 0.5) is 5.00 Å². The highest BCUT2D eigenvalue weighted by atomic mass is 32.2. The lowest BCUT2D eigenvalue weighted by molar-refractivity contribution is -0.113. The Balaban J connectivity index is 1.19. The second-order valence-corrected chi connectivity index (χ2v) is 13.1. The molecular formula is C28H28N4O3S3. The van der Waals surface area contributed by atoms with Crippen molar-refractivity contribution >= 4 is 61.5 Å². The summed E-state index contributed by atoms with van der Waals surface area (Å²) >= 11 is 4.05. The predicted octanol–water partition coefficient (Wildman–Crippen LogP) is 5.55. The number of rotatable bonds is 6. The number of carbonyl (C=O) groups excluding carboxylic acids is 2. The monoisotopic (exact) mass is 564 g/mol. The van der Waals surface area contributed by atoms with Gasteiger partial charge in [-0.1, -0.05) is 36.9 Å². The molecule has 0 saturated carbocycles. The third kappa shape index (κ3) is 4.81. The van der Waals surface area contributed by atoms with Crippen molar-refractivity contribution in [2.75, 3.05) is 11.1 Å². The van der Waals surface area contributed by atoms with Gasteiger partial charge in [-0.25, -0.2) is 4.98 Å². The molecule has 4 N–H and O–H groups in total. The van der Waals surface area contributed by atoms with Crippen LogP contribution in [0.25, 0.3) is 21.3 Å². The average molecular weight is 565 g/mol. The Labute approximate surface area is 232 Å². The quantitative estimate of drug-likeness (QED) is 0.210. The molecule has 10 heteroatoms. The molecule has 6 rings (SSSR count). The summed E-state index contributed by atoms with van der Waals surface area (Å²) in [5.41, 5.74) is 11.6. The van der Waals surface area contributed by atoms with Gasteiger partial charge in [-0.3, -0.25) is 14.4 Å². The van der Waals surface area contributed by atoms with Gasteiger partial charge >= 0.3 is 0 Å². The molecule has 0 spiro atoms. The van der Waals surface area contributed by atoms with Gasteiger partial charge in [0.1, 0.15) is 9.83 Å². The highest BCUT2D eigenvalue weighted by molar-refractivity contribution is 7.99. The van der Waals surface area contributed by atoms with Gasteiger partial charge in [0.15, 0.2) is 5.16 Å². The van der Waals surface area contributed by atoms with Crippen LogP contribution in [-0.4, -0.2) is 27.5 Å². The van der Waals surface area contributed by atoms with Crippen molar-refractivity contribution < 1.29 is 9.59 Å². The molecule has 7 nitrogen and oxygen atoms in total. The van der Waals surface area contributed by atoms with E-state index >= 15 is 0 Å². The number of aromatic nitrogens is 2. The smallest absolute Gasteiger partial charge is 0.260 e. The van der Waals surface area contributed by atoms with Crippen molar-refractivity contribution in [1.82, 2.24) is 9.97 Å². The topological polar surface area (TPSA) is 118 Å². The highest BCUT2D eigenvalue weighted by Gasteiger charge is 2.27. The summed E-state index contributed by atoms with van der Waals surface area (Å²) < 4.78 is 0. The number of H-pyrrole nitrogens is 1. The zero-order valence-electron chi connectivity index (χ0n) is 21.0. The van der Waals surface area contributed by atoms with Crippen LogP contribution in [0.15, 0.2) is 33.5 Å². The first kappa shape index (κ1) is 25.3. The van der Waals surface area contributed by atoms with E-state index in [4.69, 9.17) is 5.73 Å². The molecule has 0 saturated heterocycles. The zero-order valence-corrected chi connectivity index (χ0v) is 23.5. The summed E-state index contributed by atoms with van der Waals surface area (Å²) in [5, 5.41) is 6.37. The second-order valence-electron chi connectivity index (χ2n) is 10.1. The number of hydrogen-bond donors (Lipinski definition) is 3. The van der Waals surface area contributed by atoms with Crippen LogP contribution in [0.2, 0.25) is 0 Å². The number of hydrogen-bond acceptors (Lipinski definition) is 7. The van der Waals surface area contributed by atoms with Gasteiger partial charge in [-0.05, 0) is 73.1 Å². The third-order valence-electron chi connectivity index (χ3n) is 7.43. The van der Waals surface area contributed by atoms with Crippen molar-refractivity contribution in [2.24, 2.45) is 11.7 Å². The van der Waals surface area contributed by atoms with Crippen molar-refractivity contribution in [2.45, 2.75) is 57.0 Å². The van der Waals surface area contributed by atoms with Crippen LogP contribution in [0.5, 0.6) is 0 Å². The van der Waals surface area contributed by atoms with E-state index in [9.17, 15) is 14.4 Å². The molecule has 0 bridgehead atoms. The summed E-state index contributed by atoms with van der Waals surface area (Å²) in [5.74, 6) is -0.185. The standard InChI is InChI=1S/C28H28N4O3S3/c1-14-6-9-18-20(10-14)38-27(22(18)24(29)34)30-21(33)13-37-28-31-25(35)23-19(12-36-26(23)32-28)17-8-7-15-4-2-3-5-16(15)11-17/h7-8,11-12,14H,2-6,9-10,13H2,1H3,(H2,29,34)(H,30,33)(H,31,32,35). The molecule has 0 aliphatic heterocycles. The number of nitrogens with zero attached hydrogens (tertiary/aromatic N) is 1. The number of nitrogens with one attached hydrogen (secondary N) is 2. The molecule has 196 valence electrons. The maximum Gasteiger partial charge on any atom is 0.260 e. The van der Waals surface area contributed by atoms with Crippen LogP contribution in [0.1, 0.15) is 58.1 Å². The minimum absolute atomic E-state index is 0.0503. The van der Waals surface area contributed by atoms with E-state index in [1.165, 1.54) is 58.4 Å². The molecular weight excluding hydrogens is 537 g/mol. The molecule has 2 aliphatic rings.